The highest BCUT2D eigenvalue weighted by molar-refractivity contribution is 5.82. The third kappa shape index (κ3) is 2.25. The van der Waals surface area contributed by atoms with Crippen molar-refractivity contribution in [3.05, 3.63) is 83.2 Å². The molecule has 0 aliphatic carbocycles. The van der Waals surface area contributed by atoms with Crippen LogP contribution in [0.2, 0.25) is 0 Å². The van der Waals surface area contributed by atoms with Gasteiger partial charge in [0.15, 0.2) is 0 Å². The maximum absolute atomic E-state index is 12.6. The van der Waals surface area contributed by atoms with Gasteiger partial charge in [0.05, 0.1) is 5.52 Å². The summed E-state index contributed by atoms with van der Waals surface area (Å²) < 4.78 is 1.65. The molecule has 0 amide bonds. The molecule has 0 spiro atoms. The predicted octanol–water partition coefficient (Wildman–Crippen LogP) is 3.62. The fourth-order valence-electron chi connectivity index (χ4n) is 2.79. The minimum absolute atomic E-state index is 0.0791. The zero-order valence-electron chi connectivity index (χ0n) is 12.7. The molecule has 0 aliphatic heterocycles. The van der Waals surface area contributed by atoms with E-state index in [1.807, 2.05) is 78.7 Å². The summed E-state index contributed by atoms with van der Waals surface area (Å²) in [5, 5.41) is 1.02. The van der Waals surface area contributed by atoms with Crippen molar-refractivity contribution in [3.63, 3.8) is 0 Å². The van der Waals surface area contributed by atoms with E-state index in [1.54, 1.807) is 10.5 Å². The smallest absolute Gasteiger partial charge is 0.260 e. The van der Waals surface area contributed by atoms with Crippen LogP contribution in [0.5, 0.6) is 0 Å². The normalized spacial score (nSPS) is 11.0. The van der Waals surface area contributed by atoms with Crippen molar-refractivity contribution < 1.29 is 0 Å². The molecule has 23 heavy (non-hydrogen) atoms. The fraction of sp³-hybridized carbons (Fsp3) is 0.0526. The van der Waals surface area contributed by atoms with Gasteiger partial charge in [-0.25, -0.2) is 4.98 Å². The van der Waals surface area contributed by atoms with Crippen molar-refractivity contribution in [1.82, 2.24) is 9.38 Å². The van der Waals surface area contributed by atoms with Crippen LogP contribution in [-0.4, -0.2) is 16.4 Å². The molecule has 0 aliphatic rings. The first-order valence-corrected chi connectivity index (χ1v) is 7.44. The average molecular weight is 301 g/mol. The molecular formula is C19H15N3O. The average Bonchev–Trinajstić information content (AvgIpc) is 2.61. The molecule has 0 saturated carbocycles. The standard InChI is InChI=1S/C19H15N3O/c1-21(15-8-3-2-4-9-15)18-13-19(23)22-16-10-6-5-7-14(16)11-12-17(22)20-18/h2-13H,1H3. The zero-order valence-corrected chi connectivity index (χ0v) is 12.7. The van der Waals surface area contributed by atoms with Crippen LogP contribution in [0.15, 0.2) is 77.6 Å². The first-order chi connectivity index (χ1) is 11.2. The van der Waals surface area contributed by atoms with Gasteiger partial charge in [0.2, 0.25) is 0 Å². The number of aromatic nitrogens is 2. The Labute approximate surface area is 133 Å². The van der Waals surface area contributed by atoms with Gasteiger partial charge in [0.1, 0.15) is 11.5 Å². The second-order valence-corrected chi connectivity index (χ2v) is 5.43. The molecule has 0 N–H and O–H groups in total. The lowest BCUT2D eigenvalue weighted by Gasteiger charge is -2.18. The lowest BCUT2D eigenvalue weighted by molar-refractivity contribution is 1.05. The van der Waals surface area contributed by atoms with Crippen molar-refractivity contribution in [2.24, 2.45) is 0 Å². The van der Waals surface area contributed by atoms with E-state index in [1.165, 1.54) is 0 Å². The Morgan fingerprint density at radius 2 is 1.65 bits per heavy atom. The Balaban J connectivity index is 1.95. The third-order valence-corrected chi connectivity index (χ3v) is 4.01. The van der Waals surface area contributed by atoms with Crippen LogP contribution >= 0.6 is 0 Å². The van der Waals surface area contributed by atoms with Crippen molar-refractivity contribution in [2.75, 3.05) is 11.9 Å². The van der Waals surface area contributed by atoms with Gasteiger partial charge in [-0.15, -0.1) is 0 Å². The molecule has 2 heterocycles. The van der Waals surface area contributed by atoms with Crippen molar-refractivity contribution in [1.29, 1.82) is 0 Å². The number of fused-ring (bicyclic) bond motifs is 3. The quantitative estimate of drug-likeness (QED) is 0.531. The minimum atomic E-state index is -0.0791. The molecule has 0 bridgehead atoms. The van der Waals surface area contributed by atoms with Crippen LogP contribution in [0, 0.1) is 0 Å². The van der Waals surface area contributed by atoms with E-state index < -0.39 is 0 Å². The molecule has 112 valence electrons. The van der Waals surface area contributed by atoms with Gasteiger partial charge in [-0.2, -0.15) is 0 Å². The predicted molar refractivity (Wildman–Crippen MR) is 93.5 cm³/mol. The lowest BCUT2D eigenvalue weighted by Crippen LogP contribution is -2.19. The maximum Gasteiger partial charge on any atom is 0.260 e. The van der Waals surface area contributed by atoms with E-state index in [9.17, 15) is 4.79 Å². The van der Waals surface area contributed by atoms with Crippen molar-refractivity contribution in [2.45, 2.75) is 0 Å². The van der Waals surface area contributed by atoms with E-state index in [2.05, 4.69) is 4.98 Å². The number of anilines is 2. The second kappa shape index (κ2) is 5.25. The van der Waals surface area contributed by atoms with Gasteiger partial charge in [-0.3, -0.25) is 9.20 Å². The van der Waals surface area contributed by atoms with Crippen LogP contribution in [0.4, 0.5) is 11.5 Å². The Morgan fingerprint density at radius 1 is 0.913 bits per heavy atom. The Kier molecular flexibility index (Phi) is 3.08. The molecule has 0 atom stereocenters. The highest BCUT2D eigenvalue weighted by Gasteiger charge is 2.10. The maximum atomic E-state index is 12.6. The van der Waals surface area contributed by atoms with E-state index in [0.29, 0.717) is 11.5 Å². The Bertz CT molecular complexity index is 1050. The minimum Gasteiger partial charge on any atom is -0.329 e. The zero-order chi connectivity index (χ0) is 15.8. The van der Waals surface area contributed by atoms with E-state index in [-0.39, 0.29) is 5.56 Å². The number of benzene rings is 2. The first-order valence-electron chi connectivity index (χ1n) is 7.44. The van der Waals surface area contributed by atoms with E-state index in [4.69, 9.17) is 0 Å². The molecular weight excluding hydrogens is 286 g/mol. The SMILES string of the molecule is CN(c1ccccc1)c1cc(=O)n2c(ccc3ccccc32)n1. The summed E-state index contributed by atoms with van der Waals surface area (Å²) >= 11 is 0. The topological polar surface area (TPSA) is 37.6 Å². The van der Waals surface area contributed by atoms with Crippen LogP contribution in [0.3, 0.4) is 0 Å². The first kappa shape index (κ1) is 13.5. The Hall–Kier alpha value is -3.14. The number of pyridine rings is 1. The molecule has 4 nitrogen and oxygen atoms in total. The van der Waals surface area contributed by atoms with Gasteiger partial charge in [0, 0.05) is 18.8 Å². The van der Waals surface area contributed by atoms with E-state index in [0.717, 1.165) is 16.6 Å². The number of rotatable bonds is 2. The summed E-state index contributed by atoms with van der Waals surface area (Å²) in [7, 11) is 1.91. The highest BCUT2D eigenvalue weighted by atomic mass is 16.1. The van der Waals surface area contributed by atoms with Crippen LogP contribution in [0.25, 0.3) is 16.6 Å². The molecule has 2 aromatic carbocycles. The van der Waals surface area contributed by atoms with E-state index >= 15 is 0 Å². The fourth-order valence-corrected chi connectivity index (χ4v) is 2.79. The van der Waals surface area contributed by atoms with Crippen molar-refractivity contribution >= 4 is 28.1 Å². The highest BCUT2D eigenvalue weighted by Crippen LogP contribution is 2.21. The number of hydrogen-bond donors (Lipinski definition) is 0. The van der Waals surface area contributed by atoms with Gasteiger partial charge >= 0.3 is 0 Å². The molecule has 0 saturated heterocycles. The summed E-state index contributed by atoms with van der Waals surface area (Å²) in [6.07, 6.45) is 0. The molecule has 4 rings (SSSR count). The number of nitrogens with zero attached hydrogens (tertiary/aromatic N) is 3. The van der Waals surface area contributed by atoms with Gasteiger partial charge in [-0.1, -0.05) is 36.4 Å². The molecule has 0 radical (unpaired) electrons. The van der Waals surface area contributed by atoms with Gasteiger partial charge < -0.3 is 4.90 Å². The van der Waals surface area contributed by atoms with Crippen LogP contribution in [-0.2, 0) is 0 Å². The van der Waals surface area contributed by atoms with Gasteiger partial charge in [-0.05, 0) is 35.7 Å². The summed E-state index contributed by atoms with van der Waals surface area (Å²) in [5.41, 5.74) is 2.43. The molecule has 0 unspecified atom stereocenters. The summed E-state index contributed by atoms with van der Waals surface area (Å²) in [6, 6.07) is 23.1. The largest absolute Gasteiger partial charge is 0.329 e. The van der Waals surface area contributed by atoms with Gasteiger partial charge in [0.25, 0.3) is 5.56 Å². The summed E-state index contributed by atoms with van der Waals surface area (Å²) in [4.78, 5) is 19.2. The van der Waals surface area contributed by atoms with Crippen LogP contribution in [0.1, 0.15) is 0 Å². The molecule has 4 heteroatoms. The monoisotopic (exact) mass is 301 g/mol. The molecule has 4 aromatic rings. The molecule has 0 fully saturated rings. The summed E-state index contributed by atoms with van der Waals surface area (Å²) in [6.45, 7) is 0. The lowest BCUT2D eigenvalue weighted by atomic mass is 10.2. The molecule has 2 aromatic heterocycles. The second-order valence-electron chi connectivity index (χ2n) is 5.43. The summed E-state index contributed by atoms with van der Waals surface area (Å²) in [5.74, 6) is 0.636. The number of hydrogen-bond acceptors (Lipinski definition) is 3. The van der Waals surface area contributed by atoms with Crippen molar-refractivity contribution in [3.8, 4) is 0 Å². The Morgan fingerprint density at radius 3 is 2.48 bits per heavy atom. The third-order valence-electron chi connectivity index (χ3n) is 4.01. The van der Waals surface area contributed by atoms with Crippen LogP contribution < -0.4 is 10.5 Å². The number of para-hydroxylation sites is 2.